The summed E-state index contributed by atoms with van der Waals surface area (Å²) in [6, 6.07) is 9.81. The maximum Gasteiger partial charge on any atom is 0.338 e. The number of nitro groups is 1. The topological polar surface area (TPSA) is 149 Å². The Balaban J connectivity index is 1.44. The number of carbonyl (C=O) groups excluding carboxylic acids is 4. The molecule has 35 heavy (non-hydrogen) atoms. The van der Waals surface area contributed by atoms with E-state index in [1.165, 1.54) is 31.4 Å². The van der Waals surface area contributed by atoms with Crippen LogP contribution in [0.1, 0.15) is 43.8 Å². The number of furan rings is 1. The number of hydrogen-bond donors (Lipinski definition) is 1. The van der Waals surface area contributed by atoms with Crippen LogP contribution in [0.2, 0.25) is 0 Å². The van der Waals surface area contributed by atoms with Crippen LogP contribution in [-0.2, 0) is 16.1 Å². The normalized spacial score (nSPS) is 13.4. The zero-order valence-corrected chi connectivity index (χ0v) is 18.0. The van der Waals surface area contributed by atoms with Gasteiger partial charge in [-0.1, -0.05) is 0 Å². The largest absolute Gasteiger partial charge is 0.467 e. The fourth-order valence-corrected chi connectivity index (χ4v) is 3.38. The Kier molecular flexibility index (Phi) is 6.10. The van der Waals surface area contributed by atoms with Gasteiger partial charge in [0, 0.05) is 11.8 Å². The van der Waals surface area contributed by atoms with Crippen molar-refractivity contribution in [1.82, 2.24) is 4.90 Å². The van der Waals surface area contributed by atoms with E-state index in [2.05, 4.69) is 5.32 Å². The van der Waals surface area contributed by atoms with E-state index in [9.17, 15) is 33.7 Å². The lowest BCUT2D eigenvalue weighted by Gasteiger charge is -2.14. The number of halogens is 1. The number of anilines is 1. The molecule has 1 N–H and O–H groups in total. The van der Waals surface area contributed by atoms with Gasteiger partial charge >= 0.3 is 11.7 Å². The highest BCUT2D eigenvalue weighted by molar-refractivity contribution is 6.21. The molecular formula is C23H16FN3O8. The van der Waals surface area contributed by atoms with Crippen molar-refractivity contribution in [2.24, 2.45) is 0 Å². The molecule has 3 aromatic rings. The molecule has 11 nitrogen and oxygen atoms in total. The van der Waals surface area contributed by atoms with Gasteiger partial charge in [0.1, 0.15) is 5.76 Å². The molecule has 1 aliphatic rings. The van der Waals surface area contributed by atoms with Gasteiger partial charge in [0.05, 0.1) is 34.4 Å². The standard InChI is InChI=1S/C23H16FN3O8/c1-12(20(28)25-14-5-7-18(24)19(10-14)27(32)33)35-23(31)13-4-6-16-17(9-13)22(30)26(21(16)29)11-15-3-2-8-34-15/h2-10,12H,11H2,1H3,(H,25,28). The summed E-state index contributed by atoms with van der Waals surface area (Å²) >= 11 is 0. The summed E-state index contributed by atoms with van der Waals surface area (Å²) in [5, 5.41) is 13.2. The molecule has 1 aliphatic heterocycles. The molecule has 0 bridgehead atoms. The highest BCUT2D eigenvalue weighted by atomic mass is 19.1. The molecule has 178 valence electrons. The number of amides is 3. The smallest absolute Gasteiger partial charge is 0.338 e. The van der Waals surface area contributed by atoms with Crippen molar-refractivity contribution in [3.05, 3.63) is 93.2 Å². The summed E-state index contributed by atoms with van der Waals surface area (Å²) in [6.07, 6.45) is 0.0728. The summed E-state index contributed by atoms with van der Waals surface area (Å²) in [4.78, 5) is 61.1. The number of imide groups is 1. The van der Waals surface area contributed by atoms with Crippen LogP contribution in [0.3, 0.4) is 0 Å². The van der Waals surface area contributed by atoms with E-state index in [1.54, 1.807) is 12.1 Å². The van der Waals surface area contributed by atoms with Crippen LogP contribution in [0.5, 0.6) is 0 Å². The lowest BCUT2D eigenvalue weighted by molar-refractivity contribution is -0.387. The van der Waals surface area contributed by atoms with Gasteiger partial charge in [-0.2, -0.15) is 4.39 Å². The Labute approximate surface area is 196 Å². The van der Waals surface area contributed by atoms with Gasteiger partial charge in [0.25, 0.3) is 17.7 Å². The molecular weight excluding hydrogens is 465 g/mol. The Hall–Kier alpha value is -4.87. The second-order valence-electron chi connectivity index (χ2n) is 7.50. The fraction of sp³-hybridized carbons (Fsp3) is 0.130. The Morgan fingerprint density at radius 3 is 2.57 bits per heavy atom. The summed E-state index contributed by atoms with van der Waals surface area (Å²) in [6.45, 7) is 1.19. The maximum atomic E-state index is 13.5. The predicted molar refractivity (Wildman–Crippen MR) is 116 cm³/mol. The highest BCUT2D eigenvalue weighted by Crippen LogP contribution is 2.26. The number of fused-ring (bicyclic) bond motifs is 1. The van der Waals surface area contributed by atoms with Crippen LogP contribution >= 0.6 is 0 Å². The van der Waals surface area contributed by atoms with Crippen molar-refractivity contribution >= 4 is 35.1 Å². The monoisotopic (exact) mass is 481 g/mol. The predicted octanol–water partition coefficient (Wildman–Crippen LogP) is 3.31. The van der Waals surface area contributed by atoms with E-state index in [0.29, 0.717) is 5.76 Å². The van der Waals surface area contributed by atoms with Gasteiger partial charge in [-0.3, -0.25) is 29.4 Å². The second-order valence-corrected chi connectivity index (χ2v) is 7.50. The van der Waals surface area contributed by atoms with Crippen molar-refractivity contribution in [2.45, 2.75) is 19.6 Å². The van der Waals surface area contributed by atoms with E-state index in [1.807, 2.05) is 0 Å². The van der Waals surface area contributed by atoms with Gasteiger partial charge in [-0.05, 0) is 49.4 Å². The fourth-order valence-electron chi connectivity index (χ4n) is 3.38. The maximum absolute atomic E-state index is 13.5. The SMILES string of the molecule is CC(OC(=O)c1ccc2c(c1)C(=O)N(Cc1ccco1)C2=O)C(=O)Nc1ccc(F)c([N+](=O)[O-])c1. The van der Waals surface area contributed by atoms with Crippen molar-refractivity contribution < 1.29 is 37.6 Å². The van der Waals surface area contributed by atoms with E-state index in [-0.39, 0.29) is 28.9 Å². The first kappa shape index (κ1) is 23.3. The van der Waals surface area contributed by atoms with E-state index in [0.717, 1.165) is 23.1 Å². The minimum absolute atomic E-state index is 0.00623. The van der Waals surface area contributed by atoms with Gasteiger partial charge in [-0.15, -0.1) is 0 Å². The van der Waals surface area contributed by atoms with E-state index in [4.69, 9.17) is 9.15 Å². The molecule has 0 fully saturated rings. The molecule has 12 heteroatoms. The molecule has 2 heterocycles. The zero-order chi connectivity index (χ0) is 25.3. The summed E-state index contributed by atoms with van der Waals surface area (Å²) in [7, 11) is 0. The molecule has 3 amide bonds. The number of nitrogens with zero attached hydrogens (tertiary/aromatic N) is 2. The summed E-state index contributed by atoms with van der Waals surface area (Å²) in [5.41, 5.74) is -0.842. The molecule has 4 rings (SSSR count). The van der Waals surface area contributed by atoms with Crippen LogP contribution in [0.4, 0.5) is 15.8 Å². The van der Waals surface area contributed by atoms with Crippen molar-refractivity contribution in [3.8, 4) is 0 Å². The van der Waals surface area contributed by atoms with Gasteiger partial charge in [0.15, 0.2) is 6.10 Å². The molecule has 0 radical (unpaired) electrons. The molecule has 1 atom stereocenters. The molecule has 0 saturated carbocycles. The number of benzene rings is 2. The van der Waals surface area contributed by atoms with E-state index >= 15 is 0 Å². The van der Waals surface area contributed by atoms with Gasteiger partial charge < -0.3 is 14.5 Å². The molecule has 0 spiro atoms. The first-order valence-electron chi connectivity index (χ1n) is 10.1. The minimum atomic E-state index is -1.34. The van der Waals surface area contributed by atoms with Crippen LogP contribution in [0, 0.1) is 15.9 Å². The van der Waals surface area contributed by atoms with Crippen molar-refractivity contribution in [3.63, 3.8) is 0 Å². The highest BCUT2D eigenvalue weighted by Gasteiger charge is 2.36. The van der Waals surface area contributed by atoms with Crippen LogP contribution in [0.15, 0.2) is 59.2 Å². The molecule has 2 aromatic carbocycles. The average molecular weight is 481 g/mol. The molecule has 0 saturated heterocycles. The lowest BCUT2D eigenvalue weighted by Crippen LogP contribution is -2.30. The third kappa shape index (κ3) is 4.62. The molecule has 1 unspecified atom stereocenters. The third-order valence-corrected chi connectivity index (χ3v) is 5.16. The second kappa shape index (κ2) is 9.17. The lowest BCUT2D eigenvalue weighted by atomic mass is 10.1. The number of nitrogens with one attached hydrogen (secondary N) is 1. The number of rotatable bonds is 7. The quantitative estimate of drug-likeness (QED) is 0.234. The number of ether oxygens (including phenoxy) is 1. The zero-order valence-electron chi connectivity index (χ0n) is 18.0. The van der Waals surface area contributed by atoms with Gasteiger partial charge in [-0.25, -0.2) is 4.79 Å². The van der Waals surface area contributed by atoms with Crippen LogP contribution in [-0.4, -0.2) is 39.6 Å². The first-order valence-corrected chi connectivity index (χ1v) is 10.1. The Bertz CT molecular complexity index is 1370. The average Bonchev–Trinajstić information content (AvgIpc) is 3.42. The number of nitro benzene ring substituents is 1. The van der Waals surface area contributed by atoms with Gasteiger partial charge in [0.2, 0.25) is 5.82 Å². The minimum Gasteiger partial charge on any atom is -0.467 e. The Morgan fingerprint density at radius 1 is 1.14 bits per heavy atom. The summed E-state index contributed by atoms with van der Waals surface area (Å²) in [5.74, 6) is -3.57. The number of esters is 1. The third-order valence-electron chi connectivity index (χ3n) is 5.16. The van der Waals surface area contributed by atoms with Crippen LogP contribution < -0.4 is 5.32 Å². The number of carbonyl (C=O) groups is 4. The molecule has 1 aromatic heterocycles. The van der Waals surface area contributed by atoms with Crippen molar-refractivity contribution in [1.29, 1.82) is 0 Å². The number of hydrogen-bond acceptors (Lipinski definition) is 8. The Morgan fingerprint density at radius 2 is 1.89 bits per heavy atom. The summed E-state index contributed by atoms with van der Waals surface area (Å²) < 4.78 is 23.8. The van der Waals surface area contributed by atoms with Crippen molar-refractivity contribution in [2.75, 3.05) is 5.32 Å². The molecule has 0 aliphatic carbocycles. The van der Waals surface area contributed by atoms with E-state index < -0.39 is 46.2 Å². The van der Waals surface area contributed by atoms with Crippen LogP contribution in [0.25, 0.3) is 0 Å². The first-order chi connectivity index (χ1) is 16.7.